The molecular weight excluding hydrogens is 282 g/mol. The largest absolute Gasteiger partial charge is 0.493 e. The van der Waals surface area contributed by atoms with Crippen LogP contribution in [-0.2, 0) is 4.79 Å². The predicted octanol–water partition coefficient (Wildman–Crippen LogP) is 0.717. The lowest BCUT2D eigenvalue weighted by molar-refractivity contribution is -0.133. The first-order valence-electron chi connectivity index (χ1n) is 7.60. The highest BCUT2D eigenvalue weighted by atomic mass is 16.5. The Bertz CT molecular complexity index is 537. The molecule has 0 spiro atoms. The van der Waals surface area contributed by atoms with E-state index < -0.39 is 6.04 Å². The zero-order chi connectivity index (χ0) is 16.1. The van der Waals surface area contributed by atoms with Gasteiger partial charge in [0.15, 0.2) is 0 Å². The van der Waals surface area contributed by atoms with Crippen molar-refractivity contribution in [3.8, 4) is 5.75 Å². The molecule has 120 valence electrons. The summed E-state index contributed by atoms with van der Waals surface area (Å²) in [6, 6.07) is 6.74. The average molecular weight is 305 g/mol. The number of hydrogen-bond donors (Lipinski definition) is 1. The fourth-order valence-corrected chi connectivity index (χ4v) is 2.51. The Morgan fingerprint density at radius 2 is 1.77 bits per heavy atom. The Kier molecular flexibility index (Phi) is 5.38. The maximum Gasteiger partial charge on any atom is 0.257 e. The molecule has 1 atom stereocenters. The second kappa shape index (κ2) is 7.26. The van der Waals surface area contributed by atoms with Crippen molar-refractivity contribution in [1.82, 2.24) is 9.80 Å². The number of hydrogen-bond acceptors (Lipinski definition) is 4. The fourth-order valence-electron chi connectivity index (χ4n) is 2.51. The molecule has 1 aromatic rings. The SMILES string of the molecule is CCOc1ccccc1C(=O)N1CCN(C(=O)[C@@H](C)N)CC1. The number of ether oxygens (including phenoxy) is 1. The van der Waals surface area contributed by atoms with E-state index in [4.69, 9.17) is 10.5 Å². The van der Waals surface area contributed by atoms with Crippen molar-refractivity contribution in [2.75, 3.05) is 32.8 Å². The van der Waals surface area contributed by atoms with Gasteiger partial charge < -0.3 is 20.3 Å². The summed E-state index contributed by atoms with van der Waals surface area (Å²) in [5.74, 6) is 0.475. The van der Waals surface area contributed by atoms with E-state index >= 15 is 0 Å². The van der Waals surface area contributed by atoms with Crippen LogP contribution < -0.4 is 10.5 Å². The van der Waals surface area contributed by atoms with Gasteiger partial charge in [-0.1, -0.05) is 12.1 Å². The standard InChI is InChI=1S/C16H23N3O3/c1-3-22-14-7-5-4-6-13(14)16(21)19-10-8-18(9-11-19)15(20)12(2)17/h4-7,12H,3,8-11,17H2,1-2H3/t12-/m1/s1. The van der Waals surface area contributed by atoms with Crippen molar-refractivity contribution >= 4 is 11.8 Å². The maximum absolute atomic E-state index is 12.6. The summed E-state index contributed by atoms with van der Waals surface area (Å²) in [5.41, 5.74) is 6.18. The summed E-state index contributed by atoms with van der Waals surface area (Å²) in [5, 5.41) is 0. The van der Waals surface area contributed by atoms with Crippen LogP contribution >= 0.6 is 0 Å². The predicted molar refractivity (Wildman–Crippen MR) is 83.7 cm³/mol. The Morgan fingerprint density at radius 3 is 2.36 bits per heavy atom. The van der Waals surface area contributed by atoms with Gasteiger partial charge in [-0.05, 0) is 26.0 Å². The van der Waals surface area contributed by atoms with Crippen molar-refractivity contribution < 1.29 is 14.3 Å². The number of nitrogens with zero attached hydrogens (tertiary/aromatic N) is 2. The number of nitrogens with two attached hydrogens (primary N) is 1. The van der Waals surface area contributed by atoms with Crippen molar-refractivity contribution in [3.05, 3.63) is 29.8 Å². The third kappa shape index (κ3) is 3.57. The van der Waals surface area contributed by atoms with Crippen LogP contribution in [0.25, 0.3) is 0 Å². The molecule has 0 saturated carbocycles. The van der Waals surface area contributed by atoms with Crippen molar-refractivity contribution in [2.45, 2.75) is 19.9 Å². The van der Waals surface area contributed by atoms with Gasteiger partial charge >= 0.3 is 0 Å². The highest BCUT2D eigenvalue weighted by molar-refractivity contribution is 5.97. The van der Waals surface area contributed by atoms with E-state index in [1.54, 1.807) is 28.9 Å². The molecule has 1 fully saturated rings. The molecule has 6 heteroatoms. The Balaban J connectivity index is 2.02. The minimum absolute atomic E-state index is 0.0584. The van der Waals surface area contributed by atoms with Gasteiger partial charge in [-0.2, -0.15) is 0 Å². The monoisotopic (exact) mass is 305 g/mol. The molecule has 1 aromatic carbocycles. The number of carbonyl (C=O) groups excluding carboxylic acids is 2. The quantitative estimate of drug-likeness (QED) is 0.889. The third-order valence-electron chi connectivity index (χ3n) is 3.69. The van der Waals surface area contributed by atoms with E-state index in [-0.39, 0.29) is 11.8 Å². The lowest BCUT2D eigenvalue weighted by Crippen LogP contribution is -2.53. The average Bonchev–Trinajstić information content (AvgIpc) is 2.54. The van der Waals surface area contributed by atoms with Gasteiger partial charge in [-0.15, -0.1) is 0 Å². The molecule has 2 rings (SSSR count). The van der Waals surface area contributed by atoms with E-state index in [1.165, 1.54) is 0 Å². The molecular formula is C16H23N3O3. The van der Waals surface area contributed by atoms with E-state index in [9.17, 15) is 9.59 Å². The summed E-state index contributed by atoms with van der Waals surface area (Å²) in [6.07, 6.45) is 0. The van der Waals surface area contributed by atoms with Gasteiger partial charge in [0, 0.05) is 26.2 Å². The molecule has 6 nitrogen and oxygen atoms in total. The molecule has 0 aliphatic carbocycles. The molecule has 1 saturated heterocycles. The van der Waals surface area contributed by atoms with Crippen molar-refractivity contribution in [2.24, 2.45) is 5.73 Å². The third-order valence-corrected chi connectivity index (χ3v) is 3.69. The zero-order valence-electron chi connectivity index (χ0n) is 13.1. The molecule has 0 bridgehead atoms. The topological polar surface area (TPSA) is 75.9 Å². The van der Waals surface area contributed by atoms with Crippen molar-refractivity contribution in [1.29, 1.82) is 0 Å². The Morgan fingerprint density at radius 1 is 1.18 bits per heavy atom. The Labute approximate surface area is 130 Å². The maximum atomic E-state index is 12.6. The lowest BCUT2D eigenvalue weighted by atomic mass is 10.1. The number of piperazine rings is 1. The lowest BCUT2D eigenvalue weighted by Gasteiger charge is -2.35. The first-order valence-corrected chi connectivity index (χ1v) is 7.60. The van der Waals surface area contributed by atoms with Crippen LogP contribution in [0.3, 0.4) is 0 Å². The summed E-state index contributed by atoms with van der Waals surface area (Å²) in [7, 11) is 0. The van der Waals surface area contributed by atoms with Crippen LogP contribution in [0.4, 0.5) is 0 Å². The number of benzene rings is 1. The number of rotatable bonds is 4. The van der Waals surface area contributed by atoms with Crippen LogP contribution in [0.2, 0.25) is 0 Å². The minimum atomic E-state index is -0.499. The molecule has 0 unspecified atom stereocenters. The van der Waals surface area contributed by atoms with Crippen LogP contribution in [-0.4, -0.2) is 60.4 Å². The summed E-state index contributed by atoms with van der Waals surface area (Å²) >= 11 is 0. The normalized spacial score (nSPS) is 16.3. The Hall–Kier alpha value is -2.08. The summed E-state index contributed by atoms with van der Waals surface area (Å²) in [6.45, 7) is 6.14. The molecule has 2 N–H and O–H groups in total. The first-order chi connectivity index (χ1) is 10.5. The fraction of sp³-hybridized carbons (Fsp3) is 0.500. The molecule has 0 radical (unpaired) electrons. The first kappa shape index (κ1) is 16.3. The van der Waals surface area contributed by atoms with E-state index in [1.807, 2.05) is 19.1 Å². The molecule has 2 amide bonds. The van der Waals surface area contributed by atoms with Crippen LogP contribution in [0, 0.1) is 0 Å². The zero-order valence-corrected chi connectivity index (χ0v) is 13.1. The van der Waals surface area contributed by atoms with Gasteiger partial charge in [0.1, 0.15) is 5.75 Å². The van der Waals surface area contributed by atoms with Gasteiger partial charge in [0.05, 0.1) is 18.2 Å². The van der Waals surface area contributed by atoms with Crippen LogP contribution in [0.5, 0.6) is 5.75 Å². The molecule has 1 aliphatic rings. The number of amides is 2. The van der Waals surface area contributed by atoms with Crippen LogP contribution in [0.15, 0.2) is 24.3 Å². The molecule has 1 aliphatic heterocycles. The van der Waals surface area contributed by atoms with E-state index in [0.717, 1.165) is 0 Å². The van der Waals surface area contributed by atoms with E-state index in [0.29, 0.717) is 44.1 Å². The van der Waals surface area contributed by atoms with E-state index in [2.05, 4.69) is 0 Å². The molecule has 0 aromatic heterocycles. The molecule has 1 heterocycles. The van der Waals surface area contributed by atoms with Crippen LogP contribution in [0.1, 0.15) is 24.2 Å². The smallest absolute Gasteiger partial charge is 0.257 e. The van der Waals surface area contributed by atoms with Gasteiger partial charge in [-0.3, -0.25) is 9.59 Å². The molecule has 22 heavy (non-hydrogen) atoms. The van der Waals surface area contributed by atoms with Gasteiger partial charge in [0.2, 0.25) is 5.91 Å². The second-order valence-corrected chi connectivity index (χ2v) is 5.34. The van der Waals surface area contributed by atoms with Gasteiger partial charge in [-0.25, -0.2) is 0 Å². The number of carbonyl (C=O) groups is 2. The van der Waals surface area contributed by atoms with Gasteiger partial charge in [0.25, 0.3) is 5.91 Å². The summed E-state index contributed by atoms with van der Waals surface area (Å²) in [4.78, 5) is 27.9. The summed E-state index contributed by atoms with van der Waals surface area (Å²) < 4.78 is 5.51. The highest BCUT2D eigenvalue weighted by Crippen LogP contribution is 2.20. The number of para-hydroxylation sites is 1. The second-order valence-electron chi connectivity index (χ2n) is 5.34. The highest BCUT2D eigenvalue weighted by Gasteiger charge is 2.27. The minimum Gasteiger partial charge on any atom is -0.493 e. The van der Waals surface area contributed by atoms with Crippen molar-refractivity contribution in [3.63, 3.8) is 0 Å².